The molecule has 5 nitrogen and oxygen atoms in total. The van der Waals surface area contributed by atoms with E-state index >= 15 is 0 Å². The van der Waals surface area contributed by atoms with E-state index in [0.29, 0.717) is 28.0 Å². The summed E-state index contributed by atoms with van der Waals surface area (Å²) in [6, 6.07) is 5.34. The van der Waals surface area contributed by atoms with Crippen molar-refractivity contribution in [1.82, 2.24) is 9.78 Å². The molecule has 144 valence electrons. The Morgan fingerprint density at radius 3 is 2.32 bits per heavy atom. The number of aromatic nitrogens is 2. The van der Waals surface area contributed by atoms with Gasteiger partial charge in [0.25, 0.3) is 0 Å². The van der Waals surface area contributed by atoms with Crippen molar-refractivity contribution in [3.63, 3.8) is 0 Å². The smallest absolute Gasteiger partial charge is 0.238 e. The first-order valence-electron chi connectivity index (χ1n) is 9.41. The second kappa shape index (κ2) is 6.19. The summed E-state index contributed by atoms with van der Waals surface area (Å²) in [5.41, 5.74) is 2.95. The number of aryl methyl sites for hydroxylation is 1. The van der Waals surface area contributed by atoms with Gasteiger partial charge in [-0.25, -0.2) is 4.90 Å². The van der Waals surface area contributed by atoms with Crippen LogP contribution < -0.4 is 4.90 Å². The van der Waals surface area contributed by atoms with Crippen molar-refractivity contribution in [3.8, 4) is 0 Å². The zero-order valence-electron chi connectivity index (χ0n) is 15.5. The van der Waals surface area contributed by atoms with Crippen LogP contribution in [0.15, 0.2) is 30.4 Å². The summed E-state index contributed by atoms with van der Waals surface area (Å²) >= 11 is 12.3. The Labute approximate surface area is 172 Å². The minimum absolute atomic E-state index is 0.0814. The SMILES string of the molecule is Cc1nn(Cc2ccc(Cl)cc2Cl)c(C)c1N1C(=O)[C@@H]2[C@@H](C1=O)[C@H]1C=C[C@@H]2C1. The largest absolute Gasteiger partial charge is 0.274 e. The first-order chi connectivity index (χ1) is 13.4. The van der Waals surface area contributed by atoms with Gasteiger partial charge in [0, 0.05) is 10.0 Å². The number of carbonyl (C=O) groups is 2. The number of fused-ring (bicyclic) bond motifs is 5. The molecule has 2 heterocycles. The fraction of sp³-hybridized carbons (Fsp3) is 0.381. The summed E-state index contributed by atoms with van der Waals surface area (Å²) in [6.07, 6.45) is 5.13. The van der Waals surface area contributed by atoms with E-state index < -0.39 is 0 Å². The Kier molecular flexibility index (Phi) is 3.97. The van der Waals surface area contributed by atoms with Crippen LogP contribution in [0.4, 0.5) is 5.69 Å². The van der Waals surface area contributed by atoms with Crippen LogP contribution in [0.25, 0.3) is 0 Å². The average molecular weight is 416 g/mol. The lowest BCUT2D eigenvalue weighted by Gasteiger charge is -2.18. The third-order valence-electron chi connectivity index (χ3n) is 6.37. The molecule has 1 aromatic carbocycles. The lowest BCUT2D eigenvalue weighted by molar-refractivity contribution is -0.123. The molecule has 1 saturated carbocycles. The van der Waals surface area contributed by atoms with Crippen molar-refractivity contribution in [2.75, 3.05) is 4.90 Å². The summed E-state index contributed by atoms with van der Waals surface area (Å²) in [5.74, 6) is -0.199. The van der Waals surface area contributed by atoms with Crippen molar-refractivity contribution in [2.45, 2.75) is 26.8 Å². The maximum absolute atomic E-state index is 13.1. The maximum Gasteiger partial charge on any atom is 0.238 e. The number of anilines is 1. The topological polar surface area (TPSA) is 55.2 Å². The third-order valence-corrected chi connectivity index (χ3v) is 6.96. The quantitative estimate of drug-likeness (QED) is 0.558. The van der Waals surface area contributed by atoms with Crippen molar-refractivity contribution in [2.24, 2.45) is 23.7 Å². The van der Waals surface area contributed by atoms with Gasteiger partial charge in [0.2, 0.25) is 11.8 Å². The van der Waals surface area contributed by atoms with E-state index in [4.69, 9.17) is 23.2 Å². The van der Waals surface area contributed by atoms with Gasteiger partial charge in [-0.2, -0.15) is 5.10 Å². The predicted molar refractivity (Wildman–Crippen MR) is 107 cm³/mol. The van der Waals surface area contributed by atoms with Gasteiger partial charge in [0.15, 0.2) is 0 Å². The number of halogens is 2. The molecule has 2 bridgehead atoms. The molecule has 2 aliphatic carbocycles. The molecule has 0 radical (unpaired) electrons. The highest BCUT2D eigenvalue weighted by atomic mass is 35.5. The van der Waals surface area contributed by atoms with Crippen molar-refractivity contribution >= 4 is 40.7 Å². The fourth-order valence-electron chi connectivity index (χ4n) is 5.10. The summed E-state index contributed by atoms with van der Waals surface area (Å²) in [6.45, 7) is 4.17. The van der Waals surface area contributed by atoms with Crippen molar-refractivity contribution < 1.29 is 9.59 Å². The number of rotatable bonds is 3. The normalized spacial score (nSPS) is 27.9. The molecule has 4 atom stereocenters. The molecule has 7 heteroatoms. The van der Waals surface area contributed by atoms with Crippen molar-refractivity contribution in [1.29, 1.82) is 0 Å². The summed E-state index contributed by atoms with van der Waals surface area (Å²) in [7, 11) is 0. The summed E-state index contributed by atoms with van der Waals surface area (Å²) in [5, 5.41) is 5.73. The van der Waals surface area contributed by atoms with Crippen LogP contribution in [-0.2, 0) is 16.1 Å². The average Bonchev–Trinajstić information content (AvgIpc) is 3.37. The number of imide groups is 1. The molecule has 0 spiro atoms. The van der Waals surface area contributed by atoms with Gasteiger partial charge in [-0.3, -0.25) is 14.3 Å². The van der Waals surface area contributed by atoms with E-state index in [2.05, 4.69) is 17.3 Å². The van der Waals surface area contributed by atoms with Gasteiger partial charge in [-0.1, -0.05) is 41.4 Å². The predicted octanol–water partition coefficient (Wildman–Crippen LogP) is 4.17. The molecule has 0 unspecified atom stereocenters. The number of allylic oxidation sites excluding steroid dienone is 2. The molecular formula is C21H19Cl2N3O2. The van der Waals surface area contributed by atoms with Crippen LogP contribution in [0.5, 0.6) is 0 Å². The first-order valence-corrected chi connectivity index (χ1v) is 10.2. The van der Waals surface area contributed by atoms with E-state index in [1.54, 1.807) is 16.8 Å². The number of carbonyl (C=O) groups excluding carboxylic acids is 2. The second-order valence-electron chi connectivity index (χ2n) is 7.92. The third kappa shape index (κ3) is 2.42. The number of nitrogens with zero attached hydrogens (tertiary/aromatic N) is 3. The molecule has 2 fully saturated rings. The number of benzene rings is 1. The molecule has 2 aromatic rings. The van der Waals surface area contributed by atoms with Crippen molar-refractivity contribution in [3.05, 3.63) is 57.3 Å². The zero-order valence-corrected chi connectivity index (χ0v) is 17.0. The number of amides is 2. The zero-order chi connectivity index (χ0) is 19.7. The van der Waals surface area contributed by atoms with Gasteiger partial charge in [-0.15, -0.1) is 0 Å². The number of hydrogen-bond acceptors (Lipinski definition) is 3. The van der Waals surface area contributed by atoms with E-state index in [1.807, 2.05) is 19.9 Å². The Morgan fingerprint density at radius 2 is 1.71 bits per heavy atom. The van der Waals surface area contributed by atoms with E-state index in [-0.39, 0.29) is 35.5 Å². The van der Waals surface area contributed by atoms with Crippen LogP contribution in [0, 0.1) is 37.5 Å². The molecule has 0 N–H and O–H groups in total. The Bertz CT molecular complexity index is 1030. The van der Waals surface area contributed by atoms with E-state index in [1.165, 1.54) is 4.90 Å². The molecule has 5 rings (SSSR count). The number of hydrogen-bond donors (Lipinski definition) is 0. The first kappa shape index (κ1) is 18.0. The van der Waals surface area contributed by atoms with Gasteiger partial charge < -0.3 is 0 Å². The minimum Gasteiger partial charge on any atom is -0.274 e. The van der Waals surface area contributed by atoms with Gasteiger partial charge in [-0.05, 0) is 49.8 Å². The maximum atomic E-state index is 13.1. The Hall–Kier alpha value is -2.11. The van der Waals surface area contributed by atoms with Crippen LogP contribution in [0.1, 0.15) is 23.4 Å². The highest BCUT2D eigenvalue weighted by Crippen LogP contribution is 2.53. The fourth-order valence-corrected chi connectivity index (χ4v) is 5.57. The lowest BCUT2D eigenvalue weighted by Crippen LogP contribution is -2.33. The molecule has 2 amide bonds. The summed E-state index contributed by atoms with van der Waals surface area (Å²) < 4.78 is 1.79. The van der Waals surface area contributed by atoms with Crippen LogP contribution in [-0.4, -0.2) is 21.6 Å². The standard InChI is InChI=1S/C21H19Cl2N3O2/c1-10-19(11(2)25(24-10)9-14-5-6-15(22)8-16(14)23)26-20(27)17-12-3-4-13(7-12)18(17)21(26)28/h3-6,8,12-13,17-18H,7,9H2,1-2H3/t12-,13+,17-,18-/m0/s1. The highest BCUT2D eigenvalue weighted by Gasteiger charge is 2.60. The van der Waals surface area contributed by atoms with Gasteiger partial charge >= 0.3 is 0 Å². The summed E-state index contributed by atoms with van der Waals surface area (Å²) in [4.78, 5) is 27.7. The molecule has 3 aliphatic rings. The molecule has 1 aromatic heterocycles. The van der Waals surface area contributed by atoms with Crippen LogP contribution in [0.2, 0.25) is 10.0 Å². The van der Waals surface area contributed by atoms with Crippen LogP contribution >= 0.6 is 23.2 Å². The Morgan fingerprint density at radius 1 is 1.07 bits per heavy atom. The molecule has 1 saturated heterocycles. The Balaban J connectivity index is 1.50. The van der Waals surface area contributed by atoms with E-state index in [9.17, 15) is 9.59 Å². The lowest BCUT2D eigenvalue weighted by atomic mass is 9.85. The highest BCUT2D eigenvalue weighted by molar-refractivity contribution is 6.35. The van der Waals surface area contributed by atoms with Gasteiger partial charge in [0.1, 0.15) is 0 Å². The van der Waals surface area contributed by atoms with Crippen LogP contribution in [0.3, 0.4) is 0 Å². The molecule has 28 heavy (non-hydrogen) atoms. The minimum atomic E-state index is -0.213. The monoisotopic (exact) mass is 415 g/mol. The second-order valence-corrected chi connectivity index (χ2v) is 8.77. The van der Waals surface area contributed by atoms with E-state index in [0.717, 1.165) is 17.7 Å². The molecular weight excluding hydrogens is 397 g/mol. The molecule has 1 aliphatic heterocycles. The van der Waals surface area contributed by atoms with Gasteiger partial charge in [0.05, 0.1) is 35.5 Å².